The lowest BCUT2D eigenvalue weighted by molar-refractivity contribution is 0.175. The molecule has 1 nitrogen and oxygen atoms in total. The van der Waals surface area contributed by atoms with Gasteiger partial charge in [-0.05, 0) is 101 Å². The van der Waals surface area contributed by atoms with Gasteiger partial charge in [0.25, 0.3) is 0 Å². The fourth-order valence-electron chi connectivity index (χ4n) is 4.18. The zero-order valence-corrected chi connectivity index (χ0v) is 14.4. The molecule has 0 aromatic heterocycles. The normalized spacial score (nSPS) is 29.1. The predicted molar refractivity (Wildman–Crippen MR) is 93.4 cm³/mol. The van der Waals surface area contributed by atoms with Crippen molar-refractivity contribution < 1.29 is 4.39 Å². The van der Waals surface area contributed by atoms with E-state index in [1.54, 1.807) is 6.08 Å². The Balaban J connectivity index is 1.80. The molecule has 0 unspecified atom stereocenters. The Morgan fingerprint density at radius 1 is 1.09 bits per heavy atom. The van der Waals surface area contributed by atoms with Crippen LogP contribution in [0.25, 0.3) is 0 Å². The van der Waals surface area contributed by atoms with Crippen LogP contribution in [0, 0.1) is 17.8 Å². The Labute approximate surface area is 136 Å². The van der Waals surface area contributed by atoms with Crippen molar-refractivity contribution in [3.05, 3.63) is 36.2 Å². The molecule has 0 aromatic carbocycles. The largest absolute Gasteiger partial charge is 0.306 e. The van der Waals surface area contributed by atoms with E-state index >= 15 is 0 Å². The fraction of sp³-hybridized carbons (Fsp3) is 0.700. The zero-order chi connectivity index (χ0) is 15.9. The highest BCUT2D eigenvalue weighted by molar-refractivity contribution is 5.28. The van der Waals surface area contributed by atoms with Crippen LogP contribution in [0.15, 0.2) is 36.2 Å². The lowest BCUT2D eigenvalue weighted by atomic mass is 9.74. The molecule has 1 saturated carbocycles. The number of halogens is 1. The van der Waals surface area contributed by atoms with Gasteiger partial charge in [0.1, 0.15) is 5.83 Å². The maximum absolute atomic E-state index is 13.1. The highest BCUT2D eigenvalue weighted by Crippen LogP contribution is 2.38. The van der Waals surface area contributed by atoms with Crippen molar-refractivity contribution in [2.24, 2.45) is 17.8 Å². The van der Waals surface area contributed by atoms with E-state index in [-0.39, 0.29) is 5.83 Å². The number of allylic oxidation sites excluding steroid dienone is 5. The van der Waals surface area contributed by atoms with E-state index in [4.69, 9.17) is 0 Å². The van der Waals surface area contributed by atoms with Crippen molar-refractivity contribution in [2.45, 2.75) is 51.9 Å². The highest BCUT2D eigenvalue weighted by atomic mass is 19.1. The first-order chi connectivity index (χ1) is 10.6. The summed E-state index contributed by atoms with van der Waals surface area (Å²) < 4.78 is 13.1. The lowest BCUT2D eigenvalue weighted by Crippen LogP contribution is -2.31. The van der Waals surface area contributed by atoms with Gasteiger partial charge in [0.15, 0.2) is 0 Å². The molecule has 1 aliphatic carbocycles. The van der Waals surface area contributed by atoms with Gasteiger partial charge < -0.3 is 4.90 Å². The maximum Gasteiger partial charge on any atom is 0.116 e. The molecule has 0 N–H and O–H groups in total. The SMILES string of the molecule is C=C(F)/C=C(\C=CC)C1CCC(CC2CCN(C)CC2)CC1. The molecule has 0 atom stereocenters. The van der Waals surface area contributed by atoms with E-state index in [2.05, 4.69) is 24.6 Å². The van der Waals surface area contributed by atoms with Crippen molar-refractivity contribution in [3.8, 4) is 0 Å². The lowest BCUT2D eigenvalue weighted by Gasteiger charge is -2.34. The van der Waals surface area contributed by atoms with Gasteiger partial charge in [-0.2, -0.15) is 0 Å². The second-order valence-corrected chi connectivity index (χ2v) is 7.29. The van der Waals surface area contributed by atoms with E-state index in [0.29, 0.717) is 5.92 Å². The van der Waals surface area contributed by atoms with Crippen LogP contribution in [0.2, 0.25) is 0 Å². The Hall–Kier alpha value is -0.890. The van der Waals surface area contributed by atoms with Crippen LogP contribution in [0.5, 0.6) is 0 Å². The molecular weight excluding hydrogens is 273 g/mol. The summed E-state index contributed by atoms with van der Waals surface area (Å²) in [6.07, 6.45) is 14.9. The first kappa shape index (κ1) is 17.5. The second-order valence-electron chi connectivity index (χ2n) is 7.29. The molecule has 2 fully saturated rings. The summed E-state index contributed by atoms with van der Waals surface area (Å²) in [6, 6.07) is 0. The average molecular weight is 305 g/mol. The van der Waals surface area contributed by atoms with Crippen LogP contribution in [-0.2, 0) is 0 Å². The Bertz CT molecular complexity index is 407. The third-order valence-electron chi connectivity index (χ3n) is 5.51. The van der Waals surface area contributed by atoms with Crippen LogP contribution in [0.1, 0.15) is 51.9 Å². The molecule has 0 spiro atoms. The first-order valence-corrected chi connectivity index (χ1v) is 8.95. The van der Waals surface area contributed by atoms with Gasteiger partial charge in [-0.1, -0.05) is 18.7 Å². The molecule has 0 radical (unpaired) electrons. The molecule has 124 valence electrons. The smallest absolute Gasteiger partial charge is 0.116 e. The van der Waals surface area contributed by atoms with Crippen LogP contribution in [0.3, 0.4) is 0 Å². The van der Waals surface area contributed by atoms with Crippen LogP contribution in [0.4, 0.5) is 4.39 Å². The quantitative estimate of drug-likeness (QED) is 0.605. The monoisotopic (exact) mass is 305 g/mol. The van der Waals surface area contributed by atoms with Gasteiger partial charge in [0.2, 0.25) is 0 Å². The standard InChI is InChI=1S/C20H32FN/c1-4-5-20(14-16(2)21)19-8-6-17(7-9-19)15-18-10-12-22(3)13-11-18/h4-5,14,17-19H,2,6-13,15H2,1,3H3/b5-4?,20-14+. The van der Waals surface area contributed by atoms with E-state index in [0.717, 1.165) is 17.4 Å². The minimum absolute atomic E-state index is 0.318. The van der Waals surface area contributed by atoms with E-state index in [1.807, 2.05) is 13.0 Å². The number of hydrogen-bond donors (Lipinski definition) is 0. The summed E-state index contributed by atoms with van der Waals surface area (Å²) in [4.78, 5) is 2.45. The van der Waals surface area contributed by atoms with Crippen molar-refractivity contribution >= 4 is 0 Å². The average Bonchev–Trinajstić information content (AvgIpc) is 2.50. The molecule has 1 heterocycles. The topological polar surface area (TPSA) is 3.24 Å². The number of likely N-dealkylation sites (tertiary alicyclic amines) is 1. The highest BCUT2D eigenvalue weighted by Gasteiger charge is 2.26. The van der Waals surface area contributed by atoms with Crippen molar-refractivity contribution in [2.75, 3.05) is 20.1 Å². The summed E-state index contributed by atoms with van der Waals surface area (Å²) in [7, 11) is 2.23. The molecule has 0 amide bonds. The summed E-state index contributed by atoms with van der Waals surface area (Å²) >= 11 is 0. The predicted octanol–water partition coefficient (Wildman–Crippen LogP) is 5.51. The van der Waals surface area contributed by atoms with E-state index < -0.39 is 0 Å². The number of nitrogens with zero attached hydrogens (tertiary/aromatic N) is 1. The molecule has 2 rings (SSSR count). The van der Waals surface area contributed by atoms with E-state index in [1.165, 1.54) is 58.0 Å². The van der Waals surface area contributed by atoms with E-state index in [9.17, 15) is 4.39 Å². The number of piperidine rings is 1. The molecular formula is C20H32FN. The third kappa shape index (κ3) is 5.39. The molecule has 0 bridgehead atoms. The Morgan fingerprint density at radius 2 is 1.68 bits per heavy atom. The Kier molecular flexibility index (Phi) is 6.88. The van der Waals surface area contributed by atoms with Crippen LogP contribution < -0.4 is 0 Å². The first-order valence-electron chi connectivity index (χ1n) is 8.95. The summed E-state index contributed by atoms with van der Waals surface area (Å²) in [5, 5.41) is 0. The van der Waals surface area contributed by atoms with Crippen LogP contribution >= 0.6 is 0 Å². The Morgan fingerprint density at radius 3 is 2.23 bits per heavy atom. The second kappa shape index (κ2) is 8.67. The summed E-state index contributed by atoms with van der Waals surface area (Å²) in [6.45, 7) is 7.93. The van der Waals surface area contributed by atoms with Crippen LogP contribution in [-0.4, -0.2) is 25.0 Å². The molecule has 1 aliphatic heterocycles. The van der Waals surface area contributed by atoms with Gasteiger partial charge in [-0.25, -0.2) is 4.39 Å². The van der Waals surface area contributed by atoms with Crippen molar-refractivity contribution in [1.29, 1.82) is 0 Å². The number of hydrogen-bond acceptors (Lipinski definition) is 1. The number of rotatable bonds is 5. The molecule has 1 saturated heterocycles. The van der Waals surface area contributed by atoms with Gasteiger partial charge in [-0.3, -0.25) is 0 Å². The maximum atomic E-state index is 13.1. The molecule has 22 heavy (non-hydrogen) atoms. The molecule has 2 heteroatoms. The molecule has 0 aromatic rings. The summed E-state index contributed by atoms with van der Waals surface area (Å²) in [5.41, 5.74) is 1.13. The third-order valence-corrected chi connectivity index (χ3v) is 5.51. The van der Waals surface area contributed by atoms with Gasteiger partial charge in [0, 0.05) is 0 Å². The fourth-order valence-corrected chi connectivity index (χ4v) is 4.18. The minimum Gasteiger partial charge on any atom is -0.306 e. The van der Waals surface area contributed by atoms with Crippen molar-refractivity contribution in [3.63, 3.8) is 0 Å². The van der Waals surface area contributed by atoms with Crippen molar-refractivity contribution in [1.82, 2.24) is 4.90 Å². The zero-order valence-electron chi connectivity index (χ0n) is 14.4. The minimum atomic E-state index is -0.318. The van der Waals surface area contributed by atoms with Gasteiger partial charge in [-0.15, -0.1) is 0 Å². The van der Waals surface area contributed by atoms with Gasteiger partial charge in [0.05, 0.1) is 0 Å². The van der Waals surface area contributed by atoms with Gasteiger partial charge >= 0.3 is 0 Å². The molecule has 2 aliphatic rings. The summed E-state index contributed by atoms with van der Waals surface area (Å²) in [5.74, 6) is 2.04.